The molecule has 0 rings (SSSR count). The van der Waals surface area contributed by atoms with E-state index < -0.39 is 36.0 Å². The van der Waals surface area contributed by atoms with Crippen molar-refractivity contribution in [1.29, 1.82) is 0 Å². The first-order valence-corrected chi connectivity index (χ1v) is 6.77. The van der Waals surface area contributed by atoms with E-state index in [4.69, 9.17) is 36.7 Å². The molecule has 0 fully saturated rings. The summed E-state index contributed by atoms with van der Waals surface area (Å²) in [6.45, 7) is 6.12. The molecule has 0 saturated carbocycles. The summed E-state index contributed by atoms with van der Waals surface area (Å²) in [6.07, 6.45) is 0.551. The van der Waals surface area contributed by atoms with Gasteiger partial charge in [0.05, 0.1) is 6.54 Å². The zero-order valence-corrected chi connectivity index (χ0v) is 14.3. The lowest BCUT2D eigenvalue weighted by atomic mass is 10.1. The Balaban J connectivity index is -0.000000117. The number of carboxylic acids is 4. The summed E-state index contributed by atoms with van der Waals surface area (Å²) in [5.41, 5.74) is 14.6. The third-order valence-corrected chi connectivity index (χ3v) is 1.61. The van der Waals surface area contributed by atoms with E-state index in [9.17, 15) is 14.4 Å². The number of aliphatic carboxylic acids is 4. The Hall–Kier alpha value is -2.24. The Morgan fingerprint density at radius 1 is 0.875 bits per heavy atom. The lowest BCUT2D eigenvalue weighted by Gasteiger charge is -2.07. The summed E-state index contributed by atoms with van der Waals surface area (Å²) in [4.78, 5) is 37.9. The van der Waals surface area contributed by atoms with Crippen molar-refractivity contribution in [2.75, 3.05) is 6.54 Å². The third-order valence-electron chi connectivity index (χ3n) is 1.61. The van der Waals surface area contributed by atoms with Crippen LogP contribution in [-0.2, 0) is 19.2 Å². The van der Waals surface area contributed by atoms with Gasteiger partial charge in [-0.1, -0.05) is 13.8 Å². The molecule has 0 aromatic rings. The van der Waals surface area contributed by atoms with Gasteiger partial charge in [-0.3, -0.25) is 19.2 Å². The van der Waals surface area contributed by atoms with Crippen LogP contribution in [0.2, 0.25) is 0 Å². The van der Waals surface area contributed by atoms with Gasteiger partial charge in [0.1, 0.15) is 12.1 Å². The SMILES string of the molecule is CC(=O)O.CC(C)C[C@H](N)C(=O)O.C[C@H](N)C(=O)O.NCC(=O)O. The van der Waals surface area contributed by atoms with E-state index in [1.54, 1.807) is 0 Å². The van der Waals surface area contributed by atoms with Gasteiger partial charge in [0.25, 0.3) is 5.97 Å². The molecule has 0 aliphatic rings. The number of nitrogens with two attached hydrogens (primary N) is 3. The molecule has 0 radical (unpaired) electrons. The molecule has 2 atom stereocenters. The fourth-order valence-electron chi connectivity index (χ4n) is 0.609. The maximum Gasteiger partial charge on any atom is 0.320 e. The maximum atomic E-state index is 10.1. The molecule has 0 aliphatic heterocycles. The van der Waals surface area contributed by atoms with E-state index in [1.807, 2.05) is 13.8 Å². The molecule has 10 N–H and O–H groups in total. The Labute approximate surface area is 140 Å². The molecule has 0 aromatic carbocycles. The Bertz CT molecular complexity index is 368. The van der Waals surface area contributed by atoms with Crippen molar-refractivity contribution in [3.8, 4) is 0 Å². The monoisotopic (exact) mass is 355 g/mol. The fraction of sp³-hybridized carbons (Fsp3) is 0.692. The molecule has 144 valence electrons. The first kappa shape index (κ1) is 29.7. The minimum Gasteiger partial charge on any atom is -0.481 e. The number of carboxylic acid groups (broad SMARTS) is 4. The van der Waals surface area contributed by atoms with E-state index in [0.29, 0.717) is 12.3 Å². The molecule has 0 heterocycles. The molecule has 0 aromatic heterocycles. The minimum absolute atomic E-state index is 0.278. The number of carbonyl (C=O) groups is 4. The number of hydrogen-bond donors (Lipinski definition) is 7. The highest BCUT2D eigenvalue weighted by molar-refractivity contribution is 5.73. The molecular weight excluding hydrogens is 326 g/mol. The van der Waals surface area contributed by atoms with Crippen LogP contribution in [0.15, 0.2) is 0 Å². The average Bonchev–Trinajstić information content (AvgIpc) is 2.38. The van der Waals surface area contributed by atoms with Gasteiger partial charge in [-0.2, -0.15) is 0 Å². The second-order valence-corrected chi connectivity index (χ2v) is 4.82. The van der Waals surface area contributed by atoms with Crippen molar-refractivity contribution in [1.82, 2.24) is 0 Å². The number of hydrogen-bond acceptors (Lipinski definition) is 7. The topological polar surface area (TPSA) is 227 Å². The van der Waals surface area contributed by atoms with E-state index in [2.05, 4.69) is 5.73 Å². The van der Waals surface area contributed by atoms with E-state index in [0.717, 1.165) is 6.92 Å². The van der Waals surface area contributed by atoms with Crippen LogP contribution in [0.3, 0.4) is 0 Å². The van der Waals surface area contributed by atoms with Gasteiger partial charge in [0.2, 0.25) is 0 Å². The Morgan fingerprint density at radius 2 is 1.12 bits per heavy atom. The van der Waals surface area contributed by atoms with E-state index >= 15 is 0 Å². The zero-order valence-electron chi connectivity index (χ0n) is 14.3. The molecule has 24 heavy (non-hydrogen) atoms. The smallest absolute Gasteiger partial charge is 0.320 e. The summed E-state index contributed by atoms with van der Waals surface area (Å²) in [5, 5.41) is 31.2. The van der Waals surface area contributed by atoms with Crippen LogP contribution in [0.25, 0.3) is 0 Å². The van der Waals surface area contributed by atoms with Gasteiger partial charge in [0.15, 0.2) is 0 Å². The largest absolute Gasteiger partial charge is 0.481 e. The highest BCUT2D eigenvalue weighted by Crippen LogP contribution is 2.01. The highest BCUT2D eigenvalue weighted by Gasteiger charge is 2.11. The maximum absolute atomic E-state index is 10.1. The second kappa shape index (κ2) is 18.8. The van der Waals surface area contributed by atoms with Gasteiger partial charge in [-0.25, -0.2) is 0 Å². The van der Waals surface area contributed by atoms with Crippen LogP contribution < -0.4 is 17.2 Å². The zero-order chi connectivity index (χ0) is 20.5. The van der Waals surface area contributed by atoms with Crippen LogP contribution in [0, 0.1) is 5.92 Å². The third kappa shape index (κ3) is 50.3. The van der Waals surface area contributed by atoms with Crippen molar-refractivity contribution < 1.29 is 39.6 Å². The molecule has 0 saturated heterocycles. The Kier molecular flexibility index (Phi) is 23.3. The first-order chi connectivity index (χ1) is 10.7. The van der Waals surface area contributed by atoms with Crippen LogP contribution in [0.1, 0.15) is 34.1 Å². The van der Waals surface area contributed by atoms with Crippen molar-refractivity contribution in [3.05, 3.63) is 0 Å². The molecule has 11 heteroatoms. The van der Waals surface area contributed by atoms with E-state index in [-0.39, 0.29) is 6.54 Å². The van der Waals surface area contributed by atoms with Crippen molar-refractivity contribution in [3.63, 3.8) is 0 Å². The first-order valence-electron chi connectivity index (χ1n) is 6.77. The normalized spacial score (nSPS) is 11.2. The van der Waals surface area contributed by atoms with Gasteiger partial charge in [0, 0.05) is 6.92 Å². The lowest BCUT2D eigenvalue weighted by Crippen LogP contribution is -2.31. The van der Waals surface area contributed by atoms with Crippen LogP contribution in [-0.4, -0.2) is 62.9 Å². The van der Waals surface area contributed by atoms with Gasteiger partial charge >= 0.3 is 17.9 Å². The molecule has 0 bridgehead atoms. The van der Waals surface area contributed by atoms with Crippen LogP contribution in [0.5, 0.6) is 0 Å². The van der Waals surface area contributed by atoms with Crippen LogP contribution in [0.4, 0.5) is 0 Å². The quantitative estimate of drug-likeness (QED) is 0.315. The number of rotatable bonds is 5. The van der Waals surface area contributed by atoms with Gasteiger partial charge in [-0.05, 0) is 19.3 Å². The Morgan fingerprint density at radius 3 is 1.17 bits per heavy atom. The van der Waals surface area contributed by atoms with Gasteiger partial charge in [-0.15, -0.1) is 0 Å². The summed E-state index contributed by atoms with van der Waals surface area (Å²) >= 11 is 0. The molecule has 0 aliphatic carbocycles. The summed E-state index contributed by atoms with van der Waals surface area (Å²) in [7, 11) is 0. The molecule has 0 unspecified atom stereocenters. The van der Waals surface area contributed by atoms with Crippen molar-refractivity contribution >= 4 is 23.9 Å². The minimum atomic E-state index is -0.968. The summed E-state index contributed by atoms with van der Waals surface area (Å²) in [5.74, 6) is -3.32. The summed E-state index contributed by atoms with van der Waals surface area (Å²) in [6, 6.07) is -1.42. The van der Waals surface area contributed by atoms with Crippen LogP contribution >= 0.6 is 0 Å². The molecule has 11 nitrogen and oxygen atoms in total. The van der Waals surface area contributed by atoms with Crippen molar-refractivity contribution in [2.45, 2.75) is 46.2 Å². The molecule has 0 amide bonds. The highest BCUT2D eigenvalue weighted by atomic mass is 16.4. The predicted octanol–water partition coefficient (Wildman–Crippen LogP) is -1.02. The molecule has 0 spiro atoms. The standard InChI is InChI=1S/C6H13NO2.C3H7NO2.C2H5NO2.C2H4O2/c1-4(2)3-5(7)6(8)9;1-2(4)3(5)6;3-1-2(4)5;1-2(3)4/h4-5H,3,7H2,1-2H3,(H,8,9);2H,4H2,1H3,(H,5,6);1,3H2,(H,4,5);1H3,(H,3,4)/t5-;2-;;/m00../s1. The fourth-order valence-corrected chi connectivity index (χ4v) is 0.609. The van der Waals surface area contributed by atoms with Gasteiger partial charge < -0.3 is 37.6 Å². The lowest BCUT2D eigenvalue weighted by molar-refractivity contribution is -0.139. The molecular formula is C13H29N3O8. The van der Waals surface area contributed by atoms with E-state index in [1.165, 1.54) is 6.92 Å². The summed E-state index contributed by atoms with van der Waals surface area (Å²) < 4.78 is 0. The second-order valence-electron chi connectivity index (χ2n) is 4.82. The predicted molar refractivity (Wildman–Crippen MR) is 86.4 cm³/mol. The van der Waals surface area contributed by atoms with Crippen molar-refractivity contribution in [2.24, 2.45) is 23.1 Å². The average molecular weight is 355 g/mol.